The van der Waals surface area contributed by atoms with Gasteiger partial charge in [0.25, 0.3) is 5.89 Å². The topological polar surface area (TPSA) is 69.1 Å². The third kappa shape index (κ3) is 2.40. The number of hydrogen-bond donors (Lipinski definition) is 0. The first kappa shape index (κ1) is 13.4. The SMILES string of the molecule is O=c1oc2ccc(F)cc2cc1-c1nc(-c2ccccc2)no1. The summed E-state index contributed by atoms with van der Waals surface area (Å²) in [5.41, 5.74) is 0.534. The van der Waals surface area contributed by atoms with Gasteiger partial charge in [0.1, 0.15) is 17.0 Å². The third-order valence-corrected chi connectivity index (χ3v) is 3.38. The van der Waals surface area contributed by atoms with Crippen LogP contribution in [0, 0.1) is 5.82 Å². The Morgan fingerprint density at radius 1 is 1.00 bits per heavy atom. The lowest BCUT2D eigenvalue weighted by molar-refractivity contribution is 0.429. The Morgan fingerprint density at radius 2 is 1.83 bits per heavy atom. The normalized spacial score (nSPS) is 11.0. The minimum Gasteiger partial charge on any atom is -0.422 e. The molecule has 0 spiro atoms. The van der Waals surface area contributed by atoms with Gasteiger partial charge in [0, 0.05) is 10.9 Å². The van der Waals surface area contributed by atoms with Crippen molar-refractivity contribution in [3.63, 3.8) is 0 Å². The summed E-state index contributed by atoms with van der Waals surface area (Å²) < 4.78 is 23.6. The van der Waals surface area contributed by atoms with Crippen LogP contribution in [0.3, 0.4) is 0 Å². The second kappa shape index (κ2) is 5.17. The van der Waals surface area contributed by atoms with Crippen LogP contribution in [-0.4, -0.2) is 10.1 Å². The molecule has 0 amide bonds. The van der Waals surface area contributed by atoms with E-state index in [0.29, 0.717) is 16.8 Å². The Morgan fingerprint density at radius 3 is 2.65 bits per heavy atom. The molecule has 5 nitrogen and oxygen atoms in total. The van der Waals surface area contributed by atoms with Crippen LogP contribution < -0.4 is 5.63 Å². The van der Waals surface area contributed by atoms with E-state index in [0.717, 1.165) is 5.56 Å². The van der Waals surface area contributed by atoms with Crippen molar-refractivity contribution in [2.45, 2.75) is 0 Å². The van der Waals surface area contributed by atoms with E-state index in [2.05, 4.69) is 10.1 Å². The maximum atomic E-state index is 13.3. The quantitative estimate of drug-likeness (QED) is 0.529. The maximum Gasteiger partial charge on any atom is 0.349 e. The van der Waals surface area contributed by atoms with E-state index in [-0.39, 0.29) is 11.5 Å². The summed E-state index contributed by atoms with van der Waals surface area (Å²) in [6, 6.07) is 14.6. The molecule has 0 radical (unpaired) electrons. The van der Waals surface area contributed by atoms with Gasteiger partial charge in [-0.2, -0.15) is 4.98 Å². The molecule has 0 fully saturated rings. The van der Waals surface area contributed by atoms with E-state index >= 15 is 0 Å². The lowest BCUT2D eigenvalue weighted by Gasteiger charge is -1.98. The zero-order valence-corrected chi connectivity index (χ0v) is 11.7. The molecule has 23 heavy (non-hydrogen) atoms. The van der Waals surface area contributed by atoms with Gasteiger partial charge in [-0.05, 0) is 24.3 Å². The fourth-order valence-electron chi connectivity index (χ4n) is 2.28. The van der Waals surface area contributed by atoms with Crippen LogP contribution in [0.4, 0.5) is 4.39 Å². The minimum atomic E-state index is -0.618. The fourth-order valence-corrected chi connectivity index (χ4v) is 2.28. The number of rotatable bonds is 2. The molecule has 0 bridgehead atoms. The van der Waals surface area contributed by atoms with Gasteiger partial charge in [-0.1, -0.05) is 35.5 Å². The Balaban J connectivity index is 1.85. The van der Waals surface area contributed by atoms with E-state index in [1.807, 2.05) is 30.3 Å². The molecule has 0 saturated heterocycles. The predicted octanol–water partition coefficient (Wildman–Crippen LogP) is 3.65. The summed E-state index contributed by atoms with van der Waals surface area (Å²) in [4.78, 5) is 16.3. The van der Waals surface area contributed by atoms with E-state index in [9.17, 15) is 9.18 Å². The van der Waals surface area contributed by atoms with Crippen molar-refractivity contribution in [3.05, 3.63) is 70.8 Å². The Kier molecular flexibility index (Phi) is 3.01. The standard InChI is InChI=1S/C17H9FN2O3/c18-12-6-7-14-11(8-12)9-13(17(21)22-14)16-19-15(20-23-16)10-4-2-1-3-5-10/h1-9H. The number of hydrogen-bond acceptors (Lipinski definition) is 5. The summed E-state index contributed by atoms with van der Waals surface area (Å²) in [6.07, 6.45) is 0. The molecule has 0 aliphatic carbocycles. The molecule has 0 unspecified atom stereocenters. The Bertz CT molecular complexity index is 1050. The van der Waals surface area contributed by atoms with Crippen LogP contribution >= 0.6 is 0 Å². The summed E-state index contributed by atoms with van der Waals surface area (Å²) in [6.45, 7) is 0. The van der Waals surface area contributed by atoms with Crippen LogP contribution in [0.15, 0.2) is 68.3 Å². The number of halogens is 1. The van der Waals surface area contributed by atoms with E-state index in [1.165, 1.54) is 24.3 Å². The highest BCUT2D eigenvalue weighted by Gasteiger charge is 2.16. The first-order valence-corrected chi connectivity index (χ1v) is 6.83. The highest BCUT2D eigenvalue weighted by molar-refractivity contribution is 5.80. The minimum absolute atomic E-state index is 0.0313. The molecule has 2 heterocycles. The predicted molar refractivity (Wildman–Crippen MR) is 81.2 cm³/mol. The van der Waals surface area contributed by atoms with Gasteiger partial charge in [0.05, 0.1) is 0 Å². The Labute approximate surface area is 129 Å². The van der Waals surface area contributed by atoms with Crippen LogP contribution in [0.5, 0.6) is 0 Å². The van der Waals surface area contributed by atoms with Crippen LogP contribution in [0.2, 0.25) is 0 Å². The molecule has 2 aromatic carbocycles. The second-order valence-corrected chi connectivity index (χ2v) is 4.92. The van der Waals surface area contributed by atoms with Gasteiger partial charge in [0.2, 0.25) is 5.82 Å². The van der Waals surface area contributed by atoms with E-state index in [4.69, 9.17) is 8.94 Å². The van der Waals surface area contributed by atoms with Crippen molar-refractivity contribution in [1.82, 2.24) is 10.1 Å². The smallest absolute Gasteiger partial charge is 0.349 e. The first-order valence-electron chi connectivity index (χ1n) is 6.83. The summed E-state index contributed by atoms with van der Waals surface area (Å²) in [7, 11) is 0. The van der Waals surface area contributed by atoms with Gasteiger partial charge in [-0.25, -0.2) is 9.18 Å². The van der Waals surface area contributed by atoms with Gasteiger partial charge in [0.15, 0.2) is 0 Å². The van der Waals surface area contributed by atoms with Gasteiger partial charge < -0.3 is 8.94 Å². The van der Waals surface area contributed by atoms with Crippen molar-refractivity contribution in [1.29, 1.82) is 0 Å². The van der Waals surface area contributed by atoms with Crippen LogP contribution in [-0.2, 0) is 0 Å². The zero-order chi connectivity index (χ0) is 15.8. The lowest BCUT2D eigenvalue weighted by Crippen LogP contribution is -2.03. The van der Waals surface area contributed by atoms with Crippen LogP contribution in [0.25, 0.3) is 33.8 Å². The molecule has 6 heteroatoms. The Hall–Kier alpha value is -3.28. The average Bonchev–Trinajstić information content (AvgIpc) is 3.05. The van der Waals surface area contributed by atoms with Crippen molar-refractivity contribution >= 4 is 11.0 Å². The maximum absolute atomic E-state index is 13.3. The first-order chi connectivity index (χ1) is 11.2. The molecule has 4 rings (SSSR count). The fraction of sp³-hybridized carbons (Fsp3) is 0. The van der Waals surface area contributed by atoms with Gasteiger partial charge in [-0.3, -0.25) is 0 Å². The zero-order valence-electron chi connectivity index (χ0n) is 11.7. The molecule has 4 aromatic rings. The van der Waals surface area contributed by atoms with E-state index in [1.54, 1.807) is 0 Å². The summed E-state index contributed by atoms with van der Waals surface area (Å²) in [5.74, 6) is -0.0316. The van der Waals surface area contributed by atoms with Crippen LogP contribution in [0.1, 0.15) is 0 Å². The highest BCUT2D eigenvalue weighted by atomic mass is 19.1. The lowest BCUT2D eigenvalue weighted by atomic mass is 10.2. The molecule has 0 atom stereocenters. The third-order valence-electron chi connectivity index (χ3n) is 3.38. The van der Waals surface area contributed by atoms with E-state index < -0.39 is 11.4 Å². The highest BCUT2D eigenvalue weighted by Crippen LogP contribution is 2.23. The number of benzene rings is 2. The monoisotopic (exact) mass is 308 g/mol. The molecule has 0 aliphatic heterocycles. The average molecular weight is 308 g/mol. The second-order valence-electron chi connectivity index (χ2n) is 4.92. The number of aromatic nitrogens is 2. The molecule has 2 aromatic heterocycles. The van der Waals surface area contributed by atoms with Crippen molar-refractivity contribution in [3.8, 4) is 22.8 Å². The summed E-state index contributed by atoms with van der Waals surface area (Å²) >= 11 is 0. The molecule has 0 saturated carbocycles. The molecule has 0 aliphatic rings. The van der Waals surface area contributed by atoms with Crippen molar-refractivity contribution in [2.24, 2.45) is 0 Å². The summed E-state index contributed by atoms with van der Waals surface area (Å²) in [5, 5.41) is 4.30. The van der Waals surface area contributed by atoms with Gasteiger partial charge in [-0.15, -0.1) is 0 Å². The largest absolute Gasteiger partial charge is 0.422 e. The van der Waals surface area contributed by atoms with Crippen molar-refractivity contribution < 1.29 is 13.3 Å². The molecule has 112 valence electrons. The number of nitrogens with zero attached hydrogens (tertiary/aromatic N) is 2. The molecule has 0 N–H and O–H groups in total. The van der Waals surface area contributed by atoms with Crippen molar-refractivity contribution in [2.75, 3.05) is 0 Å². The number of fused-ring (bicyclic) bond motifs is 1. The molecular weight excluding hydrogens is 299 g/mol. The molecular formula is C17H9FN2O3. The van der Waals surface area contributed by atoms with Gasteiger partial charge >= 0.3 is 5.63 Å².